The van der Waals surface area contributed by atoms with E-state index in [1.165, 1.54) is 4.90 Å². The fourth-order valence-electron chi connectivity index (χ4n) is 3.25. The summed E-state index contributed by atoms with van der Waals surface area (Å²) in [5.74, 6) is -1.26. The van der Waals surface area contributed by atoms with Gasteiger partial charge in [-0.25, -0.2) is 4.57 Å². The van der Waals surface area contributed by atoms with Crippen LogP contribution >= 0.6 is 7.60 Å². The minimum atomic E-state index is -3.95. The molecule has 0 fully saturated rings. The number of primary amides is 1. The molecule has 2 atom stereocenters. The number of para-hydroxylation sites is 2. The van der Waals surface area contributed by atoms with Crippen LogP contribution in [0.2, 0.25) is 0 Å². The van der Waals surface area contributed by atoms with E-state index in [4.69, 9.17) is 20.5 Å². The average Bonchev–Trinajstić information content (AvgIpc) is 3.15. The molecule has 0 saturated heterocycles. The van der Waals surface area contributed by atoms with Crippen LogP contribution in [-0.2, 0) is 14.2 Å². The molecule has 0 bridgehead atoms. The topological polar surface area (TPSA) is 125 Å². The van der Waals surface area contributed by atoms with E-state index in [1.54, 1.807) is 54.6 Å². The van der Waals surface area contributed by atoms with Gasteiger partial charge in [0.2, 0.25) is 11.8 Å². The van der Waals surface area contributed by atoms with Crippen LogP contribution in [0.25, 0.3) is 0 Å². The lowest BCUT2D eigenvalue weighted by atomic mass is 10.1. The second-order valence-electron chi connectivity index (χ2n) is 7.35. The number of rotatable bonds is 9. The van der Waals surface area contributed by atoms with E-state index in [0.29, 0.717) is 11.5 Å². The predicted octanol–water partition coefficient (Wildman–Crippen LogP) is 3.04. The normalized spacial score (nSPS) is 17.0. The Kier molecular flexibility index (Phi) is 7.15. The van der Waals surface area contributed by atoms with Crippen molar-refractivity contribution in [3.63, 3.8) is 0 Å². The largest absolute Gasteiger partial charge is 0.457 e. The molecule has 0 spiro atoms. The number of benzene rings is 2. The zero-order chi connectivity index (χ0) is 22.4. The van der Waals surface area contributed by atoms with Gasteiger partial charge in [-0.3, -0.25) is 9.59 Å². The second kappa shape index (κ2) is 9.81. The van der Waals surface area contributed by atoms with E-state index in [9.17, 15) is 14.2 Å². The van der Waals surface area contributed by atoms with Crippen molar-refractivity contribution in [2.24, 2.45) is 11.5 Å². The highest BCUT2D eigenvalue weighted by Crippen LogP contribution is 2.56. The third-order valence-corrected chi connectivity index (χ3v) is 6.76. The number of hydrogen-bond donors (Lipinski definition) is 2. The Morgan fingerprint density at radius 2 is 1.58 bits per heavy atom. The molecule has 2 aromatic carbocycles. The lowest BCUT2D eigenvalue weighted by Gasteiger charge is -2.32. The van der Waals surface area contributed by atoms with Crippen molar-refractivity contribution >= 4 is 19.4 Å². The molecular formula is C22H26N3O5P. The fourth-order valence-corrected chi connectivity index (χ4v) is 5.31. The van der Waals surface area contributed by atoms with Gasteiger partial charge in [-0.05, 0) is 43.7 Å². The Hall–Kier alpha value is -3.09. The summed E-state index contributed by atoms with van der Waals surface area (Å²) in [6.45, 7) is 2.05. The minimum absolute atomic E-state index is 0.0173. The average molecular weight is 443 g/mol. The molecular weight excluding hydrogens is 417 g/mol. The zero-order valence-corrected chi connectivity index (χ0v) is 18.1. The summed E-state index contributed by atoms with van der Waals surface area (Å²) in [4.78, 5) is 25.5. The van der Waals surface area contributed by atoms with Crippen LogP contribution in [0, 0.1) is 0 Å². The molecule has 3 rings (SSSR count). The number of carbonyl (C=O) groups excluding carboxylic acids is 2. The van der Waals surface area contributed by atoms with E-state index in [1.807, 2.05) is 19.1 Å². The van der Waals surface area contributed by atoms with Crippen LogP contribution in [0.1, 0.15) is 19.8 Å². The van der Waals surface area contributed by atoms with Crippen LogP contribution in [-0.4, -0.2) is 35.1 Å². The van der Waals surface area contributed by atoms with E-state index >= 15 is 0 Å². The highest BCUT2D eigenvalue weighted by molar-refractivity contribution is 7.55. The molecule has 2 aromatic rings. The molecule has 1 aliphatic rings. The summed E-state index contributed by atoms with van der Waals surface area (Å²) in [5.41, 5.74) is 12.0. The Balaban J connectivity index is 1.92. The fraction of sp³-hybridized carbons (Fsp3) is 0.273. The quantitative estimate of drug-likeness (QED) is 0.453. The summed E-state index contributed by atoms with van der Waals surface area (Å²) in [6, 6.07) is 16.3. The third-order valence-electron chi connectivity index (χ3n) is 4.75. The van der Waals surface area contributed by atoms with Crippen molar-refractivity contribution in [2.45, 2.75) is 31.6 Å². The summed E-state index contributed by atoms with van der Waals surface area (Å²) >= 11 is 0. The molecule has 0 aromatic heterocycles. The van der Waals surface area contributed by atoms with Crippen LogP contribution in [0.15, 0.2) is 72.3 Å². The van der Waals surface area contributed by atoms with Gasteiger partial charge in [0, 0.05) is 13.0 Å². The smallest absolute Gasteiger partial charge is 0.415 e. The molecule has 4 N–H and O–H groups in total. The van der Waals surface area contributed by atoms with Crippen molar-refractivity contribution in [2.75, 3.05) is 6.54 Å². The van der Waals surface area contributed by atoms with Crippen molar-refractivity contribution in [1.82, 2.24) is 4.90 Å². The van der Waals surface area contributed by atoms with Crippen molar-refractivity contribution < 1.29 is 23.2 Å². The molecule has 2 amide bonds. The van der Waals surface area contributed by atoms with Crippen molar-refractivity contribution in [1.29, 1.82) is 0 Å². The minimum Gasteiger partial charge on any atom is -0.415 e. The number of carbonyl (C=O) groups is 2. The van der Waals surface area contributed by atoms with Crippen molar-refractivity contribution in [3.8, 4) is 11.5 Å². The van der Waals surface area contributed by atoms with Gasteiger partial charge in [0.1, 0.15) is 11.5 Å². The first kappa shape index (κ1) is 22.6. The van der Waals surface area contributed by atoms with Gasteiger partial charge in [-0.2, -0.15) is 0 Å². The molecule has 1 aliphatic heterocycles. The van der Waals surface area contributed by atoms with Crippen molar-refractivity contribution in [3.05, 3.63) is 72.3 Å². The number of amides is 2. The Morgan fingerprint density at radius 1 is 1.06 bits per heavy atom. The lowest BCUT2D eigenvalue weighted by Crippen LogP contribution is -2.47. The van der Waals surface area contributed by atoms with Gasteiger partial charge in [-0.15, -0.1) is 0 Å². The highest BCUT2D eigenvalue weighted by Gasteiger charge is 2.47. The molecule has 0 aliphatic carbocycles. The monoisotopic (exact) mass is 443 g/mol. The Bertz CT molecular complexity index is 951. The van der Waals surface area contributed by atoms with E-state index in [2.05, 4.69) is 0 Å². The van der Waals surface area contributed by atoms with Crippen LogP contribution < -0.4 is 20.5 Å². The van der Waals surface area contributed by atoms with Gasteiger partial charge < -0.3 is 25.4 Å². The van der Waals surface area contributed by atoms with Gasteiger partial charge in [0.25, 0.3) is 0 Å². The lowest BCUT2D eigenvalue weighted by molar-refractivity contribution is -0.132. The molecule has 9 heteroatoms. The molecule has 0 saturated carbocycles. The molecule has 31 heavy (non-hydrogen) atoms. The molecule has 0 radical (unpaired) electrons. The second-order valence-corrected chi connectivity index (χ2v) is 9.33. The van der Waals surface area contributed by atoms with Crippen LogP contribution in [0.3, 0.4) is 0 Å². The number of nitrogens with two attached hydrogens (primary N) is 2. The third kappa shape index (κ3) is 5.75. The summed E-state index contributed by atoms with van der Waals surface area (Å²) in [6.07, 6.45) is 1.78. The summed E-state index contributed by atoms with van der Waals surface area (Å²) in [7, 11) is -3.95. The van der Waals surface area contributed by atoms with E-state index in [-0.39, 0.29) is 19.4 Å². The first-order chi connectivity index (χ1) is 14.8. The SMILES string of the molecule is CC1=CC(P(=O)(Oc2ccccc2)Oc2ccccc2)N(C(=O)[C@@H](N)CCC(N)=O)C1. The predicted molar refractivity (Wildman–Crippen MR) is 117 cm³/mol. The molecule has 164 valence electrons. The van der Waals surface area contributed by atoms with Gasteiger partial charge >= 0.3 is 7.60 Å². The van der Waals surface area contributed by atoms with Crippen LogP contribution in [0.5, 0.6) is 11.5 Å². The first-order valence-corrected chi connectivity index (χ1v) is 11.5. The van der Waals surface area contributed by atoms with Gasteiger partial charge in [-0.1, -0.05) is 42.0 Å². The summed E-state index contributed by atoms with van der Waals surface area (Å²) in [5, 5.41) is 0. The Morgan fingerprint density at radius 3 is 2.06 bits per heavy atom. The van der Waals surface area contributed by atoms with E-state index in [0.717, 1.165) is 5.57 Å². The number of hydrogen-bond acceptors (Lipinski definition) is 6. The maximum atomic E-state index is 14.1. The summed E-state index contributed by atoms with van der Waals surface area (Å²) < 4.78 is 25.9. The van der Waals surface area contributed by atoms with Crippen LogP contribution in [0.4, 0.5) is 0 Å². The number of nitrogens with zero attached hydrogens (tertiary/aromatic N) is 1. The standard InChI is InChI=1S/C22H26N3O5P/c1-16-14-21(25(15-16)22(27)19(23)12-13-20(24)26)31(28,29-17-8-4-2-5-9-17)30-18-10-6-3-7-11-18/h2-11,14,19,21H,12-13,15,23H2,1H3,(H2,24,26)/t19-,21?/m0/s1. The van der Waals surface area contributed by atoms with E-state index < -0.39 is 31.2 Å². The highest BCUT2D eigenvalue weighted by atomic mass is 31.2. The first-order valence-electron chi connectivity index (χ1n) is 9.89. The molecule has 1 heterocycles. The molecule has 8 nitrogen and oxygen atoms in total. The van der Waals surface area contributed by atoms with Gasteiger partial charge in [0.15, 0.2) is 5.78 Å². The maximum absolute atomic E-state index is 14.1. The molecule has 1 unspecified atom stereocenters. The van der Waals surface area contributed by atoms with Gasteiger partial charge in [0.05, 0.1) is 6.04 Å². The zero-order valence-electron chi connectivity index (χ0n) is 17.2. The Labute approximate surface area is 181 Å². The maximum Gasteiger partial charge on any atom is 0.457 e.